The molecular weight excluding hydrogens is 238 g/mol. The van der Waals surface area contributed by atoms with Crippen LogP contribution >= 0.6 is 11.6 Å². The Morgan fingerprint density at radius 1 is 1.59 bits per heavy atom. The van der Waals surface area contributed by atoms with E-state index in [4.69, 9.17) is 17.4 Å². The van der Waals surface area contributed by atoms with E-state index in [9.17, 15) is 4.79 Å². The molecule has 0 aliphatic heterocycles. The number of nitrogens with zero attached hydrogens (tertiary/aromatic N) is 1. The van der Waals surface area contributed by atoms with E-state index >= 15 is 0 Å². The molecular formula is C12H16ClN3O. The molecule has 1 amide bonds. The molecule has 0 aromatic heterocycles. The van der Waals surface area contributed by atoms with Gasteiger partial charge in [-0.2, -0.15) is 0 Å². The molecule has 1 aliphatic rings. The summed E-state index contributed by atoms with van der Waals surface area (Å²) >= 11 is 5.92. The topological polar surface area (TPSA) is 58.4 Å². The zero-order chi connectivity index (χ0) is 12.4. The zero-order valence-electron chi connectivity index (χ0n) is 9.74. The van der Waals surface area contributed by atoms with Crippen molar-refractivity contribution < 1.29 is 4.79 Å². The lowest BCUT2D eigenvalue weighted by Crippen LogP contribution is -2.33. The minimum absolute atomic E-state index is 0.00884. The SMILES string of the molecule is CCN(C(=O)c1cc(Cl)ccc1NN)C1CC1. The molecule has 0 atom stereocenters. The summed E-state index contributed by atoms with van der Waals surface area (Å²) in [4.78, 5) is 14.2. The Morgan fingerprint density at radius 2 is 2.29 bits per heavy atom. The van der Waals surface area contributed by atoms with E-state index in [1.807, 2.05) is 11.8 Å². The molecule has 1 aromatic carbocycles. The van der Waals surface area contributed by atoms with Gasteiger partial charge in [-0.25, -0.2) is 0 Å². The lowest BCUT2D eigenvalue weighted by atomic mass is 10.1. The van der Waals surface area contributed by atoms with E-state index < -0.39 is 0 Å². The van der Waals surface area contributed by atoms with Gasteiger partial charge in [0.2, 0.25) is 0 Å². The van der Waals surface area contributed by atoms with Gasteiger partial charge in [-0.1, -0.05) is 11.6 Å². The first-order chi connectivity index (χ1) is 8.17. The zero-order valence-corrected chi connectivity index (χ0v) is 10.5. The Labute approximate surface area is 106 Å². The fourth-order valence-electron chi connectivity index (χ4n) is 1.93. The van der Waals surface area contributed by atoms with Crippen molar-refractivity contribution in [3.63, 3.8) is 0 Å². The number of nitrogens with two attached hydrogens (primary N) is 1. The van der Waals surface area contributed by atoms with Crippen LogP contribution in [-0.4, -0.2) is 23.4 Å². The van der Waals surface area contributed by atoms with E-state index in [1.54, 1.807) is 18.2 Å². The van der Waals surface area contributed by atoms with Crippen LogP contribution in [0.2, 0.25) is 5.02 Å². The van der Waals surface area contributed by atoms with Crippen LogP contribution in [-0.2, 0) is 0 Å². The average molecular weight is 254 g/mol. The van der Waals surface area contributed by atoms with Crippen LogP contribution in [0.5, 0.6) is 0 Å². The Morgan fingerprint density at radius 3 is 2.82 bits per heavy atom. The lowest BCUT2D eigenvalue weighted by Gasteiger charge is -2.21. The standard InChI is InChI=1S/C12H16ClN3O/c1-2-16(9-4-5-9)12(17)10-7-8(13)3-6-11(10)15-14/h3,6-7,9,15H,2,4-5,14H2,1H3. The normalized spacial score (nSPS) is 14.5. The quantitative estimate of drug-likeness (QED) is 0.639. The van der Waals surface area contributed by atoms with Gasteiger partial charge in [0.15, 0.2) is 0 Å². The molecule has 2 rings (SSSR count). The average Bonchev–Trinajstić information content (AvgIpc) is 3.14. The number of rotatable bonds is 4. The minimum Gasteiger partial charge on any atom is -0.336 e. The molecule has 3 N–H and O–H groups in total. The van der Waals surface area contributed by atoms with E-state index in [-0.39, 0.29) is 5.91 Å². The number of hydrogen-bond acceptors (Lipinski definition) is 3. The molecule has 0 bridgehead atoms. The lowest BCUT2D eigenvalue weighted by molar-refractivity contribution is 0.0753. The second-order valence-corrected chi connectivity index (χ2v) is 4.59. The number of amides is 1. The van der Waals surface area contributed by atoms with Crippen LogP contribution in [0, 0.1) is 0 Å². The van der Waals surface area contributed by atoms with Crippen molar-refractivity contribution in [2.45, 2.75) is 25.8 Å². The fourth-order valence-corrected chi connectivity index (χ4v) is 2.10. The van der Waals surface area contributed by atoms with Gasteiger partial charge in [-0.05, 0) is 38.0 Å². The highest BCUT2D eigenvalue weighted by molar-refractivity contribution is 6.31. The Balaban J connectivity index is 2.31. The molecule has 0 unspecified atom stereocenters. The van der Waals surface area contributed by atoms with Crippen LogP contribution in [0.4, 0.5) is 5.69 Å². The van der Waals surface area contributed by atoms with E-state index in [2.05, 4.69) is 5.43 Å². The van der Waals surface area contributed by atoms with Gasteiger partial charge < -0.3 is 10.3 Å². The number of anilines is 1. The second-order valence-electron chi connectivity index (χ2n) is 4.16. The monoisotopic (exact) mass is 253 g/mol. The van der Waals surface area contributed by atoms with E-state index in [1.165, 1.54) is 0 Å². The number of nitrogens with one attached hydrogen (secondary N) is 1. The van der Waals surface area contributed by atoms with Gasteiger partial charge >= 0.3 is 0 Å². The van der Waals surface area contributed by atoms with Gasteiger partial charge in [0, 0.05) is 17.6 Å². The van der Waals surface area contributed by atoms with Crippen LogP contribution in [0.15, 0.2) is 18.2 Å². The maximum atomic E-state index is 12.4. The third-order valence-corrected chi connectivity index (χ3v) is 3.19. The first-order valence-electron chi connectivity index (χ1n) is 5.74. The van der Waals surface area contributed by atoms with Gasteiger partial charge in [0.1, 0.15) is 0 Å². The summed E-state index contributed by atoms with van der Waals surface area (Å²) in [5.41, 5.74) is 3.68. The summed E-state index contributed by atoms with van der Waals surface area (Å²) in [6, 6.07) is 5.47. The Hall–Kier alpha value is -1.26. The Bertz CT molecular complexity index is 432. The van der Waals surface area contributed by atoms with E-state index in [0.29, 0.717) is 28.9 Å². The number of carbonyl (C=O) groups excluding carboxylic acids is 1. The van der Waals surface area contributed by atoms with Crippen molar-refractivity contribution in [3.8, 4) is 0 Å². The summed E-state index contributed by atoms with van der Waals surface area (Å²) in [6.07, 6.45) is 2.18. The van der Waals surface area contributed by atoms with Gasteiger partial charge in [0.25, 0.3) is 5.91 Å². The number of halogens is 1. The molecule has 0 saturated heterocycles. The number of nitrogen functional groups attached to an aromatic ring is 1. The van der Waals surface area contributed by atoms with Gasteiger partial charge in [-0.3, -0.25) is 10.6 Å². The molecule has 1 saturated carbocycles. The Kier molecular flexibility index (Phi) is 3.54. The first kappa shape index (κ1) is 12.2. The van der Waals surface area contributed by atoms with Crippen molar-refractivity contribution in [1.82, 2.24) is 4.90 Å². The molecule has 1 aliphatic carbocycles. The highest BCUT2D eigenvalue weighted by Crippen LogP contribution is 2.30. The van der Waals surface area contributed by atoms with Crippen molar-refractivity contribution in [3.05, 3.63) is 28.8 Å². The van der Waals surface area contributed by atoms with Crippen LogP contribution in [0.25, 0.3) is 0 Å². The summed E-state index contributed by atoms with van der Waals surface area (Å²) in [5, 5.41) is 0.541. The molecule has 0 heterocycles. The molecule has 92 valence electrons. The van der Waals surface area contributed by atoms with Crippen molar-refractivity contribution in [2.24, 2.45) is 5.84 Å². The predicted octanol–water partition coefficient (Wildman–Crippen LogP) is 2.25. The summed E-state index contributed by atoms with van der Waals surface area (Å²) in [7, 11) is 0. The molecule has 4 nitrogen and oxygen atoms in total. The molecule has 0 spiro atoms. The third kappa shape index (κ3) is 2.53. The third-order valence-electron chi connectivity index (χ3n) is 2.96. The van der Waals surface area contributed by atoms with Crippen LogP contribution in [0.1, 0.15) is 30.1 Å². The maximum Gasteiger partial charge on any atom is 0.256 e. The number of benzene rings is 1. The minimum atomic E-state index is -0.00884. The number of hydrazine groups is 1. The molecule has 1 fully saturated rings. The van der Waals surface area contributed by atoms with Gasteiger partial charge in [-0.15, -0.1) is 0 Å². The largest absolute Gasteiger partial charge is 0.336 e. The number of carbonyl (C=O) groups is 1. The maximum absolute atomic E-state index is 12.4. The van der Waals surface area contributed by atoms with Crippen molar-refractivity contribution in [1.29, 1.82) is 0 Å². The van der Waals surface area contributed by atoms with Crippen molar-refractivity contribution >= 4 is 23.2 Å². The molecule has 0 radical (unpaired) electrons. The smallest absolute Gasteiger partial charge is 0.256 e. The van der Waals surface area contributed by atoms with Crippen molar-refractivity contribution in [2.75, 3.05) is 12.0 Å². The van der Waals surface area contributed by atoms with Crippen LogP contribution < -0.4 is 11.3 Å². The second kappa shape index (κ2) is 4.94. The number of hydrogen-bond donors (Lipinski definition) is 2. The van der Waals surface area contributed by atoms with Crippen LogP contribution in [0.3, 0.4) is 0 Å². The van der Waals surface area contributed by atoms with Gasteiger partial charge in [0.05, 0.1) is 11.3 Å². The molecule has 1 aromatic rings. The molecule has 17 heavy (non-hydrogen) atoms. The van der Waals surface area contributed by atoms with E-state index in [0.717, 1.165) is 12.8 Å². The first-order valence-corrected chi connectivity index (χ1v) is 6.12. The summed E-state index contributed by atoms with van der Waals surface area (Å²) in [5.74, 6) is 5.40. The highest BCUT2D eigenvalue weighted by Gasteiger charge is 2.32. The molecule has 5 heteroatoms. The fraction of sp³-hybridized carbons (Fsp3) is 0.417. The highest BCUT2D eigenvalue weighted by atomic mass is 35.5. The summed E-state index contributed by atoms with van der Waals surface area (Å²) in [6.45, 7) is 2.69. The summed E-state index contributed by atoms with van der Waals surface area (Å²) < 4.78 is 0. The predicted molar refractivity (Wildman–Crippen MR) is 69.0 cm³/mol.